The van der Waals surface area contributed by atoms with Gasteiger partial charge in [-0.15, -0.1) is 0 Å². The quantitative estimate of drug-likeness (QED) is 0.454. The van der Waals surface area contributed by atoms with Crippen molar-refractivity contribution in [2.45, 2.75) is 25.2 Å². The normalized spacial score (nSPS) is 11.5. The van der Waals surface area contributed by atoms with Gasteiger partial charge in [-0.1, -0.05) is 71.7 Å². The number of nitrogens with zero attached hydrogens (tertiary/aromatic N) is 1. The molecule has 3 rings (SSSR count). The zero-order chi connectivity index (χ0) is 23.3. The predicted molar refractivity (Wildman–Crippen MR) is 130 cm³/mol. The highest BCUT2D eigenvalue weighted by Gasteiger charge is 2.28. The molecule has 0 aliphatic carbocycles. The highest BCUT2D eigenvalue weighted by molar-refractivity contribution is 7.89. The molecule has 1 N–H and O–H groups in total. The Labute approximate surface area is 199 Å². The zero-order valence-corrected chi connectivity index (χ0v) is 20.1. The third-order valence-corrected chi connectivity index (χ3v) is 7.81. The van der Waals surface area contributed by atoms with Crippen molar-refractivity contribution in [1.29, 1.82) is 0 Å². The largest absolute Gasteiger partial charge is 0.324 e. The minimum absolute atomic E-state index is 0.149. The van der Waals surface area contributed by atoms with E-state index in [1.807, 2.05) is 43.3 Å². The lowest BCUT2D eigenvalue weighted by Gasteiger charge is -2.23. The minimum atomic E-state index is -3.92. The van der Waals surface area contributed by atoms with E-state index < -0.39 is 15.9 Å². The molecule has 0 saturated heterocycles. The van der Waals surface area contributed by atoms with E-state index in [-0.39, 0.29) is 23.0 Å². The number of carbonyl (C=O) groups excluding carboxylic acids is 1. The van der Waals surface area contributed by atoms with Gasteiger partial charge in [0.1, 0.15) is 0 Å². The molecule has 3 aromatic rings. The number of hydrogen-bond acceptors (Lipinski definition) is 3. The molecule has 1 amide bonds. The minimum Gasteiger partial charge on any atom is -0.324 e. The number of carbonyl (C=O) groups is 1. The fourth-order valence-electron chi connectivity index (χ4n) is 3.26. The smallest absolute Gasteiger partial charge is 0.243 e. The van der Waals surface area contributed by atoms with Crippen molar-refractivity contribution in [3.63, 3.8) is 0 Å². The van der Waals surface area contributed by atoms with E-state index in [4.69, 9.17) is 23.2 Å². The van der Waals surface area contributed by atoms with Gasteiger partial charge >= 0.3 is 0 Å². The molecule has 0 aliphatic heterocycles. The van der Waals surface area contributed by atoms with Crippen LogP contribution in [0.2, 0.25) is 10.0 Å². The summed E-state index contributed by atoms with van der Waals surface area (Å²) in [5.41, 5.74) is 2.76. The first-order valence-electron chi connectivity index (χ1n) is 10.0. The fourth-order valence-corrected chi connectivity index (χ4v) is 5.31. The molecule has 0 radical (unpaired) electrons. The number of sulfonamides is 1. The van der Waals surface area contributed by atoms with Gasteiger partial charge in [0.2, 0.25) is 15.9 Å². The summed E-state index contributed by atoms with van der Waals surface area (Å²) in [5.74, 6) is -0.504. The lowest BCUT2D eigenvalue weighted by Crippen LogP contribution is -2.39. The van der Waals surface area contributed by atoms with Crippen LogP contribution in [0.25, 0.3) is 0 Å². The lowest BCUT2D eigenvalue weighted by molar-refractivity contribution is -0.116. The second-order valence-electron chi connectivity index (χ2n) is 7.49. The summed E-state index contributed by atoms with van der Waals surface area (Å²) in [6, 6.07) is 19.7. The average molecular weight is 491 g/mol. The molecule has 8 heteroatoms. The van der Waals surface area contributed by atoms with Gasteiger partial charge in [-0.05, 0) is 55.2 Å². The second kappa shape index (κ2) is 10.5. The highest BCUT2D eigenvalue weighted by Crippen LogP contribution is 2.29. The van der Waals surface area contributed by atoms with Crippen LogP contribution in [0.4, 0.5) is 5.69 Å². The van der Waals surface area contributed by atoms with Crippen molar-refractivity contribution >= 4 is 44.8 Å². The second-order valence-corrected chi connectivity index (χ2v) is 10.2. The number of amides is 1. The molecule has 3 aromatic carbocycles. The first kappa shape index (κ1) is 24.3. The highest BCUT2D eigenvalue weighted by atomic mass is 35.5. The van der Waals surface area contributed by atoms with Crippen LogP contribution in [-0.2, 0) is 21.2 Å². The van der Waals surface area contributed by atoms with Crippen LogP contribution in [0.15, 0.2) is 71.6 Å². The Balaban J connectivity index is 1.88. The Morgan fingerprint density at radius 1 is 0.969 bits per heavy atom. The summed E-state index contributed by atoms with van der Waals surface area (Å²) in [7, 11) is -3.92. The number of anilines is 1. The Hall–Kier alpha value is -2.38. The van der Waals surface area contributed by atoms with Crippen LogP contribution >= 0.6 is 23.2 Å². The van der Waals surface area contributed by atoms with Gasteiger partial charge in [0.25, 0.3) is 0 Å². The Bertz CT molecular complexity index is 1220. The van der Waals surface area contributed by atoms with Crippen LogP contribution in [-0.4, -0.2) is 31.7 Å². The number of rotatable bonds is 8. The van der Waals surface area contributed by atoms with Crippen molar-refractivity contribution < 1.29 is 13.2 Å². The average Bonchev–Trinajstić information content (AvgIpc) is 2.76. The Morgan fingerprint density at radius 2 is 1.69 bits per heavy atom. The van der Waals surface area contributed by atoms with Gasteiger partial charge in [-0.3, -0.25) is 4.79 Å². The van der Waals surface area contributed by atoms with Gasteiger partial charge in [0.15, 0.2) is 0 Å². The maximum absolute atomic E-state index is 13.5. The van der Waals surface area contributed by atoms with E-state index in [0.29, 0.717) is 22.7 Å². The molecular formula is C24H24Cl2N2O3S. The molecule has 0 bridgehead atoms. The molecule has 0 fully saturated rings. The van der Waals surface area contributed by atoms with Crippen molar-refractivity contribution in [3.8, 4) is 0 Å². The van der Waals surface area contributed by atoms with Gasteiger partial charge in [-0.2, -0.15) is 4.31 Å². The molecule has 0 aromatic heterocycles. The summed E-state index contributed by atoms with van der Waals surface area (Å²) < 4.78 is 28.3. The van der Waals surface area contributed by atoms with E-state index in [0.717, 1.165) is 11.1 Å². The van der Waals surface area contributed by atoms with E-state index in [2.05, 4.69) is 5.32 Å². The molecule has 5 nitrogen and oxygen atoms in total. The van der Waals surface area contributed by atoms with E-state index >= 15 is 0 Å². The van der Waals surface area contributed by atoms with Crippen LogP contribution in [0.1, 0.15) is 16.7 Å². The molecule has 0 spiro atoms. The maximum Gasteiger partial charge on any atom is 0.243 e. The molecule has 32 heavy (non-hydrogen) atoms. The third-order valence-electron chi connectivity index (χ3n) is 5.00. The van der Waals surface area contributed by atoms with Gasteiger partial charge in [0.05, 0.1) is 27.2 Å². The number of hydrogen-bond donors (Lipinski definition) is 1. The lowest BCUT2D eigenvalue weighted by atomic mass is 10.1. The molecule has 0 saturated carbocycles. The van der Waals surface area contributed by atoms with Crippen LogP contribution in [0.3, 0.4) is 0 Å². The Kier molecular flexibility index (Phi) is 7.96. The summed E-state index contributed by atoms with van der Waals surface area (Å²) in [6.45, 7) is 3.37. The molecule has 0 atom stereocenters. The van der Waals surface area contributed by atoms with E-state index in [9.17, 15) is 13.2 Å². The summed E-state index contributed by atoms with van der Waals surface area (Å²) in [5, 5.41) is 3.17. The van der Waals surface area contributed by atoms with Gasteiger partial charge in [0, 0.05) is 6.54 Å². The first-order valence-corrected chi connectivity index (χ1v) is 12.2. The fraction of sp³-hybridized carbons (Fsp3) is 0.208. The van der Waals surface area contributed by atoms with Gasteiger partial charge < -0.3 is 5.32 Å². The van der Waals surface area contributed by atoms with Crippen molar-refractivity contribution in [3.05, 3.63) is 93.5 Å². The molecular weight excluding hydrogens is 467 g/mol. The topological polar surface area (TPSA) is 66.5 Å². The molecule has 0 aliphatic rings. The maximum atomic E-state index is 13.5. The number of halogens is 2. The number of benzene rings is 3. The van der Waals surface area contributed by atoms with Crippen molar-refractivity contribution in [2.24, 2.45) is 0 Å². The van der Waals surface area contributed by atoms with E-state index in [1.54, 1.807) is 37.3 Å². The molecule has 0 unspecified atom stereocenters. The van der Waals surface area contributed by atoms with Crippen LogP contribution < -0.4 is 5.32 Å². The molecule has 168 valence electrons. The van der Waals surface area contributed by atoms with Crippen LogP contribution in [0.5, 0.6) is 0 Å². The van der Waals surface area contributed by atoms with Crippen molar-refractivity contribution in [2.75, 3.05) is 18.4 Å². The standard InChI is InChI=1S/C24H24Cl2N2O3S/c1-17-11-12-18(2)22(15-17)32(30,31)28(14-13-19-7-4-3-5-8-19)16-23(29)27-21-10-6-9-20(25)24(21)26/h3-12,15H,13-14,16H2,1-2H3,(H,27,29). The predicted octanol–water partition coefficient (Wildman–Crippen LogP) is 5.48. The summed E-state index contributed by atoms with van der Waals surface area (Å²) >= 11 is 12.2. The number of aryl methyl sites for hydroxylation is 2. The molecule has 0 heterocycles. The third kappa shape index (κ3) is 5.90. The van der Waals surface area contributed by atoms with E-state index in [1.165, 1.54) is 4.31 Å². The zero-order valence-electron chi connectivity index (χ0n) is 17.8. The Morgan fingerprint density at radius 3 is 2.41 bits per heavy atom. The summed E-state index contributed by atoms with van der Waals surface area (Å²) in [6.07, 6.45) is 0.468. The van der Waals surface area contributed by atoms with Crippen LogP contribution in [0, 0.1) is 13.8 Å². The monoisotopic (exact) mass is 490 g/mol. The number of nitrogens with one attached hydrogen (secondary N) is 1. The van der Waals surface area contributed by atoms with Crippen molar-refractivity contribution in [1.82, 2.24) is 4.31 Å². The SMILES string of the molecule is Cc1ccc(C)c(S(=O)(=O)N(CCc2ccccc2)CC(=O)Nc2cccc(Cl)c2Cl)c1. The first-order chi connectivity index (χ1) is 15.2. The van der Waals surface area contributed by atoms with Gasteiger partial charge in [-0.25, -0.2) is 8.42 Å². The summed E-state index contributed by atoms with van der Waals surface area (Å²) in [4.78, 5) is 13.0.